The number of benzene rings is 2. The summed E-state index contributed by atoms with van der Waals surface area (Å²) in [6.45, 7) is 0.788. The summed E-state index contributed by atoms with van der Waals surface area (Å²) in [6, 6.07) is 6.96. The number of hydrogen-bond acceptors (Lipinski definition) is 4. The molecule has 0 aliphatic rings. The van der Waals surface area contributed by atoms with Gasteiger partial charge in [0.05, 0.1) is 27.0 Å². The highest BCUT2D eigenvalue weighted by Gasteiger charge is 2.30. The molecule has 2 aromatic carbocycles. The lowest BCUT2D eigenvalue weighted by molar-refractivity contribution is -0.139. The largest absolute Gasteiger partial charge is 0.357 e. The molecule has 7 nitrogen and oxygen atoms in total. The second kappa shape index (κ2) is 10.7. The highest BCUT2D eigenvalue weighted by Crippen LogP contribution is 2.35. The van der Waals surface area contributed by atoms with E-state index in [9.17, 15) is 22.4 Å². The lowest BCUT2D eigenvalue weighted by atomic mass is 10.1. The molecule has 2 amide bonds. The molecule has 0 aliphatic carbocycles. The van der Waals surface area contributed by atoms with Crippen molar-refractivity contribution in [3.05, 3.63) is 62.8 Å². The first-order valence-corrected chi connectivity index (χ1v) is 12.2. The summed E-state index contributed by atoms with van der Waals surface area (Å²) < 4.78 is 39.0. The van der Waals surface area contributed by atoms with Crippen molar-refractivity contribution in [2.45, 2.75) is 19.5 Å². The minimum atomic E-state index is -3.98. The van der Waals surface area contributed by atoms with Crippen LogP contribution < -0.4 is 9.62 Å². The van der Waals surface area contributed by atoms with E-state index in [4.69, 9.17) is 34.8 Å². The molecular formula is C20H21Cl3FN3O4S. The van der Waals surface area contributed by atoms with E-state index in [1.54, 1.807) is 0 Å². The van der Waals surface area contributed by atoms with Crippen LogP contribution in [0.4, 0.5) is 10.1 Å². The van der Waals surface area contributed by atoms with E-state index in [-0.39, 0.29) is 27.3 Å². The van der Waals surface area contributed by atoms with Gasteiger partial charge in [-0.3, -0.25) is 13.9 Å². The summed E-state index contributed by atoms with van der Waals surface area (Å²) in [4.78, 5) is 26.7. The van der Waals surface area contributed by atoms with Crippen molar-refractivity contribution in [2.24, 2.45) is 0 Å². The smallest absolute Gasteiger partial charge is 0.244 e. The number of carbonyl (C=O) groups is 2. The van der Waals surface area contributed by atoms with Crippen LogP contribution in [0.1, 0.15) is 12.5 Å². The fourth-order valence-corrected chi connectivity index (χ4v) is 4.42. The van der Waals surface area contributed by atoms with Crippen LogP contribution in [0.15, 0.2) is 36.4 Å². The molecule has 0 radical (unpaired) electrons. The van der Waals surface area contributed by atoms with Crippen LogP contribution in [0, 0.1) is 5.82 Å². The van der Waals surface area contributed by atoms with Gasteiger partial charge in [-0.15, -0.1) is 0 Å². The maximum absolute atomic E-state index is 13.3. The highest BCUT2D eigenvalue weighted by atomic mass is 35.5. The predicted molar refractivity (Wildman–Crippen MR) is 124 cm³/mol. The molecule has 174 valence electrons. The summed E-state index contributed by atoms with van der Waals surface area (Å²) in [5.74, 6) is -1.60. The Kier molecular flexibility index (Phi) is 8.75. The predicted octanol–water partition coefficient (Wildman–Crippen LogP) is 3.72. The third kappa shape index (κ3) is 6.48. The number of nitrogens with one attached hydrogen (secondary N) is 1. The molecule has 1 N–H and O–H groups in total. The number of likely N-dealkylation sites (N-methyl/N-ethyl adjacent to an activating group) is 1. The Morgan fingerprint density at radius 3 is 2.16 bits per heavy atom. The van der Waals surface area contributed by atoms with E-state index in [0.29, 0.717) is 5.56 Å². The van der Waals surface area contributed by atoms with Gasteiger partial charge in [0.2, 0.25) is 21.8 Å². The average molecular weight is 525 g/mol. The fourth-order valence-electron chi connectivity index (χ4n) is 2.88. The Morgan fingerprint density at radius 2 is 1.62 bits per heavy atom. The maximum Gasteiger partial charge on any atom is 0.244 e. The number of rotatable bonds is 8. The molecule has 1 unspecified atom stereocenters. The van der Waals surface area contributed by atoms with Crippen LogP contribution in [0.25, 0.3) is 0 Å². The highest BCUT2D eigenvalue weighted by molar-refractivity contribution is 7.92. The van der Waals surface area contributed by atoms with Gasteiger partial charge in [0.1, 0.15) is 18.4 Å². The zero-order valence-electron chi connectivity index (χ0n) is 17.4. The van der Waals surface area contributed by atoms with Crippen LogP contribution in [0.2, 0.25) is 15.1 Å². The molecule has 0 spiro atoms. The fraction of sp³-hybridized carbons (Fsp3) is 0.300. The first-order valence-electron chi connectivity index (χ1n) is 9.23. The molecule has 0 aromatic heterocycles. The number of hydrogen-bond donors (Lipinski definition) is 1. The topological polar surface area (TPSA) is 86.8 Å². The number of amides is 2. The SMILES string of the molecule is CNC(=O)C(C)N(Cc1ccc(F)cc1)C(=O)CN(c1cc(Cl)c(Cl)cc1Cl)S(C)(=O)=O. The Labute approximate surface area is 201 Å². The van der Waals surface area contributed by atoms with E-state index in [2.05, 4.69) is 5.32 Å². The molecule has 2 rings (SSSR count). The van der Waals surface area contributed by atoms with E-state index in [1.807, 2.05) is 0 Å². The van der Waals surface area contributed by atoms with Gasteiger partial charge in [-0.1, -0.05) is 46.9 Å². The zero-order valence-corrected chi connectivity index (χ0v) is 20.5. The summed E-state index contributed by atoms with van der Waals surface area (Å²) in [6.07, 6.45) is 0.908. The normalized spacial score (nSPS) is 12.2. The lowest BCUT2D eigenvalue weighted by Crippen LogP contribution is -2.50. The minimum absolute atomic E-state index is 0.0259. The molecule has 12 heteroatoms. The third-order valence-electron chi connectivity index (χ3n) is 4.62. The van der Waals surface area contributed by atoms with Crippen LogP contribution in [-0.2, 0) is 26.2 Å². The molecule has 0 aliphatic heterocycles. The number of halogens is 4. The van der Waals surface area contributed by atoms with E-state index < -0.39 is 40.2 Å². The lowest BCUT2D eigenvalue weighted by Gasteiger charge is -2.31. The number of sulfonamides is 1. The monoisotopic (exact) mass is 523 g/mol. The molecule has 32 heavy (non-hydrogen) atoms. The summed E-state index contributed by atoms with van der Waals surface area (Å²) in [5.41, 5.74) is 0.514. The molecule has 0 saturated carbocycles. The molecular weight excluding hydrogens is 504 g/mol. The summed E-state index contributed by atoms with van der Waals surface area (Å²) in [5, 5.41) is 2.60. The van der Waals surface area contributed by atoms with Gasteiger partial charge in [-0.05, 0) is 36.8 Å². The third-order valence-corrected chi connectivity index (χ3v) is 6.77. The maximum atomic E-state index is 13.3. The zero-order chi connectivity index (χ0) is 24.2. The average Bonchev–Trinajstić information content (AvgIpc) is 2.72. The number of nitrogens with zero attached hydrogens (tertiary/aromatic N) is 2. The quantitative estimate of drug-likeness (QED) is 0.533. The van der Waals surface area contributed by atoms with Crippen LogP contribution in [-0.4, -0.2) is 51.0 Å². The van der Waals surface area contributed by atoms with Gasteiger partial charge in [0.15, 0.2) is 0 Å². The molecule has 0 saturated heterocycles. The Hall–Kier alpha value is -2.07. The van der Waals surface area contributed by atoms with Crippen molar-refractivity contribution in [1.82, 2.24) is 10.2 Å². The molecule has 1 atom stereocenters. The van der Waals surface area contributed by atoms with Gasteiger partial charge >= 0.3 is 0 Å². The number of carbonyl (C=O) groups excluding carboxylic acids is 2. The Bertz CT molecular complexity index is 1110. The Balaban J connectivity index is 2.44. The second-order valence-electron chi connectivity index (χ2n) is 6.93. The van der Waals surface area contributed by atoms with Crippen LogP contribution in [0.3, 0.4) is 0 Å². The molecule has 2 aromatic rings. The van der Waals surface area contributed by atoms with Crippen molar-refractivity contribution in [3.8, 4) is 0 Å². The van der Waals surface area contributed by atoms with Crippen molar-refractivity contribution >= 4 is 62.3 Å². The van der Waals surface area contributed by atoms with Crippen molar-refractivity contribution in [3.63, 3.8) is 0 Å². The van der Waals surface area contributed by atoms with Crippen molar-refractivity contribution in [2.75, 3.05) is 24.2 Å². The van der Waals surface area contributed by atoms with E-state index in [1.165, 1.54) is 55.3 Å². The van der Waals surface area contributed by atoms with Gasteiger partial charge < -0.3 is 10.2 Å². The molecule has 0 heterocycles. The van der Waals surface area contributed by atoms with Gasteiger partial charge in [0.25, 0.3) is 0 Å². The summed E-state index contributed by atoms with van der Waals surface area (Å²) in [7, 11) is -2.56. The van der Waals surface area contributed by atoms with E-state index in [0.717, 1.165) is 10.6 Å². The van der Waals surface area contributed by atoms with Crippen molar-refractivity contribution in [1.29, 1.82) is 0 Å². The first-order chi connectivity index (χ1) is 14.8. The standard InChI is InChI=1S/C20H21Cl3FN3O4S/c1-12(20(29)25-2)26(10-13-4-6-14(24)7-5-13)19(28)11-27(32(3,30)31)18-9-16(22)15(21)8-17(18)23/h4-9,12H,10-11H2,1-3H3,(H,25,29). The minimum Gasteiger partial charge on any atom is -0.357 e. The van der Waals surface area contributed by atoms with Gasteiger partial charge in [0, 0.05) is 13.6 Å². The van der Waals surface area contributed by atoms with E-state index >= 15 is 0 Å². The van der Waals surface area contributed by atoms with Gasteiger partial charge in [-0.25, -0.2) is 12.8 Å². The number of anilines is 1. The van der Waals surface area contributed by atoms with Crippen molar-refractivity contribution < 1.29 is 22.4 Å². The summed E-state index contributed by atoms with van der Waals surface area (Å²) >= 11 is 18.1. The first kappa shape index (κ1) is 26.2. The second-order valence-corrected chi connectivity index (χ2v) is 10.1. The van der Waals surface area contributed by atoms with Crippen LogP contribution in [0.5, 0.6) is 0 Å². The Morgan fingerprint density at radius 1 is 1.06 bits per heavy atom. The van der Waals surface area contributed by atoms with Crippen LogP contribution >= 0.6 is 34.8 Å². The molecule has 0 fully saturated rings. The van der Waals surface area contributed by atoms with Gasteiger partial charge in [-0.2, -0.15) is 0 Å². The molecule has 0 bridgehead atoms.